The average molecular weight is 340 g/mol. The van der Waals surface area contributed by atoms with Gasteiger partial charge >= 0.3 is 0 Å². The number of rotatable bonds is 5. The summed E-state index contributed by atoms with van der Waals surface area (Å²) in [5, 5.41) is 9.99. The van der Waals surface area contributed by atoms with Crippen molar-refractivity contribution in [2.24, 2.45) is 11.3 Å². The molecule has 2 aliphatic heterocycles. The van der Waals surface area contributed by atoms with Crippen LogP contribution in [0.15, 0.2) is 42.7 Å². The molecule has 2 aliphatic rings. The fraction of sp³-hybridized carbons (Fsp3) is 0.550. The summed E-state index contributed by atoms with van der Waals surface area (Å²) in [6.45, 7) is 6.53. The summed E-state index contributed by atoms with van der Waals surface area (Å²) < 4.78 is 0. The number of likely N-dealkylation sites (tertiary alicyclic amines) is 2. The maximum Gasteiger partial charge on any atom is 0.120 e. The number of hydrogen-bond donors (Lipinski definition) is 2. The molecule has 5 nitrogen and oxygen atoms in total. The van der Waals surface area contributed by atoms with Crippen molar-refractivity contribution in [3.8, 4) is 0 Å². The Kier molecular flexibility index (Phi) is 4.88. The molecule has 4 rings (SSSR count). The predicted molar refractivity (Wildman–Crippen MR) is 97.8 cm³/mol. The van der Waals surface area contributed by atoms with E-state index in [2.05, 4.69) is 50.1 Å². The van der Waals surface area contributed by atoms with Gasteiger partial charge in [0.1, 0.15) is 5.82 Å². The van der Waals surface area contributed by atoms with E-state index in [0.717, 1.165) is 45.1 Å². The Labute approximate surface area is 149 Å². The molecule has 1 aromatic heterocycles. The lowest BCUT2D eigenvalue weighted by atomic mass is 9.71. The van der Waals surface area contributed by atoms with Crippen LogP contribution in [0.3, 0.4) is 0 Å². The van der Waals surface area contributed by atoms with Crippen LogP contribution < -0.4 is 0 Å². The number of aromatic nitrogens is 2. The minimum atomic E-state index is 0.281. The van der Waals surface area contributed by atoms with Crippen LogP contribution in [0.25, 0.3) is 0 Å². The summed E-state index contributed by atoms with van der Waals surface area (Å²) in [6, 6.07) is 10.7. The van der Waals surface area contributed by atoms with E-state index in [1.54, 1.807) is 0 Å². The van der Waals surface area contributed by atoms with Gasteiger partial charge in [-0.25, -0.2) is 4.98 Å². The molecule has 1 unspecified atom stereocenters. The van der Waals surface area contributed by atoms with E-state index in [0.29, 0.717) is 12.5 Å². The first kappa shape index (κ1) is 16.8. The van der Waals surface area contributed by atoms with Crippen molar-refractivity contribution in [2.75, 3.05) is 32.8 Å². The van der Waals surface area contributed by atoms with Gasteiger partial charge in [-0.15, -0.1) is 0 Å². The third-order valence-electron chi connectivity index (χ3n) is 6.13. The number of aliphatic hydroxyl groups excluding tert-OH is 1. The molecule has 25 heavy (non-hydrogen) atoms. The average Bonchev–Trinajstić information content (AvgIpc) is 3.26. The molecule has 0 amide bonds. The highest BCUT2D eigenvalue weighted by Crippen LogP contribution is 2.45. The second-order valence-corrected chi connectivity index (χ2v) is 7.71. The largest absolute Gasteiger partial charge is 0.396 e. The summed E-state index contributed by atoms with van der Waals surface area (Å²) in [5.74, 6) is 1.45. The summed E-state index contributed by atoms with van der Waals surface area (Å²) in [5.41, 5.74) is 1.65. The second-order valence-electron chi connectivity index (χ2n) is 7.71. The summed E-state index contributed by atoms with van der Waals surface area (Å²) in [7, 11) is 0. The first-order chi connectivity index (χ1) is 12.3. The summed E-state index contributed by atoms with van der Waals surface area (Å²) >= 11 is 0. The first-order valence-electron chi connectivity index (χ1n) is 9.35. The zero-order valence-electron chi connectivity index (χ0n) is 14.8. The quantitative estimate of drug-likeness (QED) is 0.875. The highest BCUT2D eigenvalue weighted by molar-refractivity contribution is 5.15. The van der Waals surface area contributed by atoms with E-state index in [4.69, 9.17) is 0 Å². The lowest BCUT2D eigenvalue weighted by molar-refractivity contribution is 0.0473. The normalized spacial score (nSPS) is 24.1. The number of aliphatic hydroxyl groups is 1. The number of benzene rings is 1. The van der Waals surface area contributed by atoms with Gasteiger partial charge in [0.05, 0.1) is 6.54 Å². The predicted octanol–water partition coefficient (Wildman–Crippen LogP) is 2.12. The topological polar surface area (TPSA) is 55.4 Å². The Morgan fingerprint density at radius 1 is 1.12 bits per heavy atom. The van der Waals surface area contributed by atoms with Crippen LogP contribution in [0, 0.1) is 11.3 Å². The van der Waals surface area contributed by atoms with E-state index < -0.39 is 0 Å². The molecule has 134 valence electrons. The third kappa shape index (κ3) is 3.64. The van der Waals surface area contributed by atoms with Crippen molar-refractivity contribution in [1.29, 1.82) is 0 Å². The molecule has 1 spiro atoms. The number of aromatic amines is 1. The van der Waals surface area contributed by atoms with Crippen molar-refractivity contribution in [1.82, 2.24) is 19.8 Å². The highest BCUT2D eigenvalue weighted by atomic mass is 16.3. The monoisotopic (exact) mass is 340 g/mol. The molecule has 1 atom stereocenters. The van der Waals surface area contributed by atoms with E-state index >= 15 is 0 Å². The van der Waals surface area contributed by atoms with Crippen LogP contribution in [0.4, 0.5) is 0 Å². The van der Waals surface area contributed by atoms with Crippen LogP contribution in [0.1, 0.15) is 24.2 Å². The molecule has 5 heteroatoms. The van der Waals surface area contributed by atoms with E-state index in [1.807, 2.05) is 12.4 Å². The number of hydrogen-bond acceptors (Lipinski definition) is 4. The van der Waals surface area contributed by atoms with Crippen molar-refractivity contribution >= 4 is 0 Å². The number of piperidine rings is 1. The molecule has 0 bridgehead atoms. The van der Waals surface area contributed by atoms with E-state index in [-0.39, 0.29) is 5.41 Å². The third-order valence-corrected chi connectivity index (χ3v) is 6.13. The molecule has 2 fully saturated rings. The fourth-order valence-corrected chi connectivity index (χ4v) is 4.68. The van der Waals surface area contributed by atoms with Crippen molar-refractivity contribution < 1.29 is 5.11 Å². The summed E-state index contributed by atoms with van der Waals surface area (Å²) in [6.07, 6.45) is 6.05. The zero-order valence-corrected chi connectivity index (χ0v) is 14.8. The molecular weight excluding hydrogens is 312 g/mol. The maximum atomic E-state index is 9.99. The molecule has 2 aromatic rings. The van der Waals surface area contributed by atoms with Gasteiger partial charge in [-0.1, -0.05) is 30.3 Å². The van der Waals surface area contributed by atoms with Gasteiger partial charge in [-0.2, -0.15) is 0 Å². The Hall–Kier alpha value is -1.69. The highest BCUT2D eigenvalue weighted by Gasteiger charge is 2.47. The molecule has 3 heterocycles. The Balaban J connectivity index is 1.37. The fourth-order valence-electron chi connectivity index (χ4n) is 4.68. The van der Waals surface area contributed by atoms with E-state index in [1.165, 1.54) is 18.4 Å². The first-order valence-corrected chi connectivity index (χ1v) is 9.35. The number of imidazole rings is 1. The van der Waals surface area contributed by atoms with Gasteiger partial charge in [-0.3, -0.25) is 9.80 Å². The molecule has 0 aliphatic carbocycles. The van der Waals surface area contributed by atoms with Crippen LogP contribution in [0.2, 0.25) is 0 Å². The van der Waals surface area contributed by atoms with Crippen LogP contribution in [-0.2, 0) is 13.1 Å². The number of nitrogens with one attached hydrogen (secondary N) is 1. The smallest absolute Gasteiger partial charge is 0.120 e. The Morgan fingerprint density at radius 2 is 1.92 bits per heavy atom. The molecular formula is C20H28N4O. The van der Waals surface area contributed by atoms with Crippen LogP contribution in [0.5, 0.6) is 0 Å². The lowest BCUT2D eigenvalue weighted by Crippen LogP contribution is -2.44. The van der Waals surface area contributed by atoms with E-state index in [9.17, 15) is 5.11 Å². The van der Waals surface area contributed by atoms with Crippen molar-refractivity contribution in [3.63, 3.8) is 0 Å². The minimum Gasteiger partial charge on any atom is -0.396 e. The molecule has 2 N–H and O–H groups in total. The SMILES string of the molecule is OCC1CN(Cc2ccccc2)CC12CCN(Cc1ncc[nH]1)CC2. The van der Waals surface area contributed by atoms with Crippen molar-refractivity contribution in [2.45, 2.75) is 25.9 Å². The van der Waals surface area contributed by atoms with Gasteiger partial charge in [0.25, 0.3) is 0 Å². The molecule has 0 saturated carbocycles. The standard InChI is InChI=1S/C20H28N4O/c25-15-18-13-24(12-17-4-2-1-3-5-17)16-20(18)6-10-23(11-7-20)14-19-21-8-9-22-19/h1-5,8-9,18,25H,6-7,10-16H2,(H,21,22). The van der Waals surface area contributed by atoms with Gasteiger partial charge in [-0.05, 0) is 36.9 Å². The van der Waals surface area contributed by atoms with Gasteiger partial charge in [0.2, 0.25) is 0 Å². The van der Waals surface area contributed by atoms with Crippen LogP contribution >= 0.6 is 0 Å². The second kappa shape index (κ2) is 7.28. The van der Waals surface area contributed by atoms with Gasteiger partial charge in [0, 0.05) is 44.6 Å². The molecule has 0 radical (unpaired) electrons. The minimum absolute atomic E-state index is 0.281. The lowest BCUT2D eigenvalue weighted by Gasteiger charge is -2.42. The maximum absolute atomic E-state index is 9.99. The van der Waals surface area contributed by atoms with Gasteiger partial charge in [0.15, 0.2) is 0 Å². The zero-order chi connectivity index (χ0) is 17.1. The Morgan fingerprint density at radius 3 is 2.60 bits per heavy atom. The summed E-state index contributed by atoms with van der Waals surface area (Å²) in [4.78, 5) is 12.6. The number of nitrogens with zero attached hydrogens (tertiary/aromatic N) is 3. The number of H-pyrrole nitrogens is 1. The Bertz CT molecular complexity index is 650. The molecule has 2 saturated heterocycles. The van der Waals surface area contributed by atoms with Gasteiger partial charge < -0.3 is 10.1 Å². The van der Waals surface area contributed by atoms with Crippen LogP contribution in [-0.4, -0.2) is 57.7 Å². The van der Waals surface area contributed by atoms with Crippen molar-refractivity contribution in [3.05, 3.63) is 54.1 Å². The molecule has 1 aromatic carbocycles.